The zero-order valence-electron chi connectivity index (χ0n) is 9.33. The van der Waals surface area contributed by atoms with E-state index in [2.05, 4.69) is 5.92 Å². The number of allylic oxidation sites excluding steroid dienone is 1. The average molecular weight is 208 g/mol. The Kier molecular flexibility index (Phi) is 2.92. The standard InChI is InChI=1S/C12H16O3/c1-5-12(14)9(2)7-6-8-11(12,3)10(13)15-4/h1,7,14H,6,8H2,2-4H3/t11-,12-/m0/s1. The molecule has 82 valence electrons. The van der Waals surface area contributed by atoms with Crippen molar-refractivity contribution in [3.63, 3.8) is 0 Å². The highest BCUT2D eigenvalue weighted by Gasteiger charge is 2.54. The fourth-order valence-electron chi connectivity index (χ4n) is 2.09. The van der Waals surface area contributed by atoms with E-state index in [1.165, 1.54) is 7.11 Å². The maximum Gasteiger partial charge on any atom is 0.315 e. The molecule has 1 N–H and O–H groups in total. The number of rotatable bonds is 1. The van der Waals surface area contributed by atoms with Gasteiger partial charge in [-0.25, -0.2) is 0 Å². The lowest BCUT2D eigenvalue weighted by Gasteiger charge is -2.42. The van der Waals surface area contributed by atoms with Crippen molar-refractivity contribution in [2.45, 2.75) is 32.3 Å². The summed E-state index contributed by atoms with van der Waals surface area (Å²) in [5, 5.41) is 10.4. The van der Waals surface area contributed by atoms with Gasteiger partial charge in [-0.3, -0.25) is 4.79 Å². The molecule has 0 aliphatic heterocycles. The third-order valence-corrected chi connectivity index (χ3v) is 3.31. The summed E-state index contributed by atoms with van der Waals surface area (Å²) in [7, 11) is 1.30. The highest BCUT2D eigenvalue weighted by Crippen LogP contribution is 2.44. The molecule has 0 aromatic carbocycles. The zero-order valence-corrected chi connectivity index (χ0v) is 9.33. The zero-order chi connectivity index (χ0) is 11.7. The lowest BCUT2D eigenvalue weighted by Crippen LogP contribution is -2.53. The summed E-state index contributed by atoms with van der Waals surface area (Å²) < 4.78 is 4.72. The van der Waals surface area contributed by atoms with Crippen molar-refractivity contribution in [3.05, 3.63) is 11.6 Å². The van der Waals surface area contributed by atoms with Gasteiger partial charge in [-0.15, -0.1) is 6.42 Å². The van der Waals surface area contributed by atoms with Crippen LogP contribution in [-0.2, 0) is 9.53 Å². The van der Waals surface area contributed by atoms with E-state index in [4.69, 9.17) is 11.2 Å². The number of hydrogen-bond donors (Lipinski definition) is 1. The smallest absolute Gasteiger partial charge is 0.315 e. The van der Waals surface area contributed by atoms with Crippen LogP contribution in [0.5, 0.6) is 0 Å². The predicted octanol–water partition coefficient (Wildman–Crippen LogP) is 1.27. The summed E-state index contributed by atoms with van der Waals surface area (Å²) in [5.74, 6) is 1.86. The first-order chi connectivity index (χ1) is 6.92. The largest absolute Gasteiger partial charge is 0.468 e. The number of esters is 1. The molecule has 1 aliphatic carbocycles. The van der Waals surface area contributed by atoms with Crippen LogP contribution in [0.4, 0.5) is 0 Å². The monoisotopic (exact) mass is 208 g/mol. The molecule has 1 rings (SSSR count). The predicted molar refractivity (Wildman–Crippen MR) is 56.9 cm³/mol. The van der Waals surface area contributed by atoms with Crippen LogP contribution in [0.25, 0.3) is 0 Å². The van der Waals surface area contributed by atoms with E-state index < -0.39 is 17.0 Å². The summed E-state index contributed by atoms with van der Waals surface area (Å²) in [5.41, 5.74) is -1.93. The molecule has 0 heterocycles. The molecule has 1 aliphatic rings. The van der Waals surface area contributed by atoms with Crippen molar-refractivity contribution in [2.75, 3.05) is 7.11 Å². The van der Waals surface area contributed by atoms with Gasteiger partial charge in [0.2, 0.25) is 0 Å². The summed E-state index contributed by atoms with van der Waals surface area (Å²) in [6.07, 6.45) is 8.43. The Hall–Kier alpha value is -1.27. The Morgan fingerprint density at radius 1 is 1.73 bits per heavy atom. The first kappa shape index (κ1) is 11.8. The van der Waals surface area contributed by atoms with E-state index in [1.807, 2.05) is 6.08 Å². The Labute approximate surface area is 90.1 Å². The van der Waals surface area contributed by atoms with Crippen molar-refractivity contribution >= 4 is 5.97 Å². The fraction of sp³-hybridized carbons (Fsp3) is 0.583. The van der Waals surface area contributed by atoms with Crippen molar-refractivity contribution in [2.24, 2.45) is 5.41 Å². The van der Waals surface area contributed by atoms with E-state index in [9.17, 15) is 9.90 Å². The molecule has 0 aromatic heterocycles. The first-order valence-corrected chi connectivity index (χ1v) is 4.88. The molecular weight excluding hydrogens is 192 g/mol. The Morgan fingerprint density at radius 3 is 2.80 bits per heavy atom. The van der Waals surface area contributed by atoms with Gasteiger partial charge < -0.3 is 9.84 Å². The second-order valence-corrected chi connectivity index (χ2v) is 4.10. The van der Waals surface area contributed by atoms with E-state index in [-0.39, 0.29) is 0 Å². The van der Waals surface area contributed by atoms with Gasteiger partial charge in [-0.1, -0.05) is 12.0 Å². The lowest BCUT2D eigenvalue weighted by atomic mass is 9.64. The van der Waals surface area contributed by atoms with Gasteiger partial charge in [0.15, 0.2) is 5.60 Å². The van der Waals surface area contributed by atoms with Gasteiger partial charge in [-0.05, 0) is 32.3 Å². The molecule has 2 atom stereocenters. The van der Waals surface area contributed by atoms with Gasteiger partial charge in [-0.2, -0.15) is 0 Å². The maximum absolute atomic E-state index is 11.7. The number of carbonyl (C=O) groups excluding carboxylic acids is 1. The number of ether oxygens (including phenoxy) is 1. The highest BCUT2D eigenvalue weighted by atomic mass is 16.5. The van der Waals surface area contributed by atoms with Crippen LogP contribution in [0, 0.1) is 17.8 Å². The van der Waals surface area contributed by atoms with Crippen LogP contribution in [0.3, 0.4) is 0 Å². The van der Waals surface area contributed by atoms with Crippen molar-refractivity contribution in [3.8, 4) is 12.3 Å². The molecule has 0 bridgehead atoms. The molecule has 3 heteroatoms. The SMILES string of the molecule is C#C[C@]1(O)C(C)=CCC[C@@]1(C)C(=O)OC. The van der Waals surface area contributed by atoms with E-state index in [0.29, 0.717) is 12.0 Å². The third-order valence-electron chi connectivity index (χ3n) is 3.31. The second kappa shape index (κ2) is 3.71. The average Bonchev–Trinajstić information content (AvgIpc) is 2.24. The highest BCUT2D eigenvalue weighted by molar-refractivity contribution is 5.80. The third kappa shape index (κ3) is 1.46. The molecule has 15 heavy (non-hydrogen) atoms. The molecule has 0 saturated heterocycles. The minimum atomic E-state index is -1.53. The topological polar surface area (TPSA) is 46.5 Å². The number of methoxy groups -OCH3 is 1. The van der Waals surface area contributed by atoms with Gasteiger partial charge in [0, 0.05) is 0 Å². The number of hydrogen-bond acceptors (Lipinski definition) is 3. The lowest BCUT2D eigenvalue weighted by molar-refractivity contribution is -0.163. The summed E-state index contributed by atoms with van der Waals surface area (Å²) >= 11 is 0. The molecular formula is C12H16O3. The first-order valence-electron chi connectivity index (χ1n) is 4.88. The van der Waals surface area contributed by atoms with Crippen LogP contribution < -0.4 is 0 Å². The van der Waals surface area contributed by atoms with Gasteiger partial charge >= 0.3 is 5.97 Å². The molecule has 0 spiro atoms. The van der Waals surface area contributed by atoms with Crippen LogP contribution in [0.1, 0.15) is 26.7 Å². The summed E-state index contributed by atoms with van der Waals surface area (Å²) in [6, 6.07) is 0. The van der Waals surface area contributed by atoms with Crippen molar-refractivity contribution in [1.29, 1.82) is 0 Å². The van der Waals surface area contributed by atoms with Crippen LogP contribution in [-0.4, -0.2) is 23.8 Å². The Balaban J connectivity index is 3.27. The van der Waals surface area contributed by atoms with Gasteiger partial charge in [0.05, 0.1) is 7.11 Å². The summed E-state index contributed by atoms with van der Waals surface area (Å²) in [4.78, 5) is 11.7. The second-order valence-electron chi connectivity index (χ2n) is 4.10. The van der Waals surface area contributed by atoms with Crippen LogP contribution in [0.15, 0.2) is 11.6 Å². The molecule has 0 radical (unpaired) electrons. The molecule has 0 unspecified atom stereocenters. The van der Waals surface area contributed by atoms with Crippen LogP contribution in [0.2, 0.25) is 0 Å². The maximum atomic E-state index is 11.7. The number of carbonyl (C=O) groups is 1. The Bertz CT molecular complexity index is 350. The van der Waals surface area contributed by atoms with E-state index >= 15 is 0 Å². The quantitative estimate of drug-likeness (QED) is 0.401. The summed E-state index contributed by atoms with van der Waals surface area (Å²) in [6.45, 7) is 3.38. The molecule has 3 nitrogen and oxygen atoms in total. The molecule has 0 amide bonds. The normalized spacial score (nSPS) is 35.3. The Morgan fingerprint density at radius 2 is 2.33 bits per heavy atom. The fourth-order valence-corrected chi connectivity index (χ4v) is 2.09. The molecule has 0 aromatic rings. The van der Waals surface area contributed by atoms with Crippen molar-refractivity contribution in [1.82, 2.24) is 0 Å². The molecule has 0 saturated carbocycles. The minimum absolute atomic E-state index is 0.463. The van der Waals surface area contributed by atoms with Crippen LogP contribution >= 0.6 is 0 Å². The molecule has 0 fully saturated rings. The number of aliphatic hydroxyl groups is 1. The van der Waals surface area contributed by atoms with Gasteiger partial charge in [0.1, 0.15) is 5.41 Å². The van der Waals surface area contributed by atoms with E-state index in [1.54, 1.807) is 13.8 Å². The van der Waals surface area contributed by atoms with Crippen molar-refractivity contribution < 1.29 is 14.6 Å². The van der Waals surface area contributed by atoms with Gasteiger partial charge in [0.25, 0.3) is 0 Å². The van der Waals surface area contributed by atoms with E-state index in [0.717, 1.165) is 6.42 Å². The minimum Gasteiger partial charge on any atom is -0.468 e. The number of terminal acetylenes is 1.